The minimum absolute atomic E-state index is 0.140. The van der Waals surface area contributed by atoms with Crippen LogP contribution in [0.15, 0.2) is 17.0 Å². The Morgan fingerprint density at radius 2 is 1.95 bits per heavy atom. The van der Waals surface area contributed by atoms with Crippen LogP contribution in [0.1, 0.15) is 24.5 Å². The molecule has 6 nitrogen and oxygen atoms in total. The number of sulfonamides is 1. The second kappa shape index (κ2) is 6.71. The number of rotatable bonds is 6. The molecule has 0 aliphatic rings. The average molecular weight is 299 g/mol. The van der Waals surface area contributed by atoms with E-state index in [2.05, 4.69) is 10.0 Å². The Balaban J connectivity index is 2.90. The van der Waals surface area contributed by atoms with Gasteiger partial charge in [0.2, 0.25) is 15.9 Å². The summed E-state index contributed by atoms with van der Waals surface area (Å²) in [6.45, 7) is 5.50. The topological polar surface area (TPSA) is 101 Å². The molecule has 0 aliphatic carbocycles. The van der Waals surface area contributed by atoms with Crippen molar-refractivity contribution < 1.29 is 13.2 Å². The third kappa shape index (κ3) is 3.94. The maximum atomic E-state index is 12.3. The Hall–Kier alpha value is -1.60. The highest BCUT2D eigenvalue weighted by molar-refractivity contribution is 7.89. The molecule has 0 aromatic heterocycles. The van der Waals surface area contributed by atoms with Crippen LogP contribution >= 0.6 is 0 Å². The molecule has 4 N–H and O–H groups in total. The van der Waals surface area contributed by atoms with Crippen LogP contribution < -0.4 is 15.8 Å². The molecule has 0 aliphatic heterocycles. The smallest absolute Gasteiger partial charge is 0.241 e. The number of nitrogens with one attached hydrogen (secondary N) is 2. The van der Waals surface area contributed by atoms with Crippen LogP contribution in [0, 0.1) is 13.8 Å². The van der Waals surface area contributed by atoms with E-state index in [4.69, 9.17) is 5.73 Å². The number of amides is 1. The van der Waals surface area contributed by atoms with Gasteiger partial charge in [0, 0.05) is 12.2 Å². The van der Waals surface area contributed by atoms with Gasteiger partial charge in [-0.05, 0) is 37.5 Å². The number of carbonyl (C=O) groups excluding carboxylic acids is 1. The van der Waals surface area contributed by atoms with E-state index in [9.17, 15) is 13.2 Å². The fourth-order valence-electron chi connectivity index (χ4n) is 1.82. The van der Waals surface area contributed by atoms with Crippen molar-refractivity contribution in [1.82, 2.24) is 10.0 Å². The first-order valence-corrected chi connectivity index (χ1v) is 7.90. The van der Waals surface area contributed by atoms with E-state index in [1.165, 1.54) is 0 Å². The normalized spacial score (nSPS) is 11.3. The summed E-state index contributed by atoms with van der Waals surface area (Å²) in [7, 11) is -3.76. The molecule has 0 bridgehead atoms. The maximum absolute atomic E-state index is 12.3. The van der Waals surface area contributed by atoms with Gasteiger partial charge in [0.1, 0.15) is 0 Å². The summed E-state index contributed by atoms with van der Waals surface area (Å²) in [5.41, 5.74) is 7.23. The standard InChI is InChI=1S/C13H21N3O3S/c1-4-7-15-12(17)8-16-20(18,19)13-9(2)5-6-11(14)10(13)3/h5-6,16H,4,7-8,14H2,1-3H3,(H,15,17). The third-order valence-corrected chi connectivity index (χ3v) is 4.60. The lowest BCUT2D eigenvalue weighted by atomic mass is 10.1. The Morgan fingerprint density at radius 1 is 1.30 bits per heavy atom. The Labute approximate surface area is 119 Å². The summed E-state index contributed by atoms with van der Waals surface area (Å²) in [5, 5.41) is 2.61. The lowest BCUT2D eigenvalue weighted by molar-refractivity contribution is -0.119. The van der Waals surface area contributed by atoms with Crippen LogP contribution in [0.3, 0.4) is 0 Å². The van der Waals surface area contributed by atoms with Crippen molar-refractivity contribution in [2.24, 2.45) is 0 Å². The van der Waals surface area contributed by atoms with Crippen molar-refractivity contribution in [2.45, 2.75) is 32.1 Å². The Morgan fingerprint density at radius 3 is 2.55 bits per heavy atom. The van der Waals surface area contributed by atoms with Gasteiger partial charge in [0.05, 0.1) is 11.4 Å². The quantitative estimate of drug-likeness (QED) is 0.673. The van der Waals surface area contributed by atoms with Gasteiger partial charge in [-0.1, -0.05) is 13.0 Å². The summed E-state index contributed by atoms with van der Waals surface area (Å²) < 4.78 is 26.8. The fourth-order valence-corrected chi connectivity index (χ4v) is 3.29. The number of aryl methyl sites for hydroxylation is 1. The summed E-state index contributed by atoms with van der Waals surface area (Å²) in [6, 6.07) is 3.31. The number of carbonyl (C=O) groups is 1. The van der Waals surface area contributed by atoms with Gasteiger partial charge in [-0.2, -0.15) is 0 Å². The first-order chi connectivity index (χ1) is 9.29. The predicted octanol–water partition coefficient (Wildman–Crippen LogP) is 0.690. The van der Waals surface area contributed by atoms with Crippen LogP contribution in [0.4, 0.5) is 5.69 Å². The number of hydrogen-bond acceptors (Lipinski definition) is 4. The highest BCUT2D eigenvalue weighted by atomic mass is 32.2. The molecule has 0 saturated heterocycles. The molecular weight excluding hydrogens is 278 g/mol. The van der Waals surface area contributed by atoms with Crippen molar-refractivity contribution in [2.75, 3.05) is 18.8 Å². The van der Waals surface area contributed by atoms with Crippen molar-refractivity contribution in [1.29, 1.82) is 0 Å². The minimum Gasteiger partial charge on any atom is -0.398 e. The number of benzene rings is 1. The van der Waals surface area contributed by atoms with Crippen LogP contribution in [-0.4, -0.2) is 27.4 Å². The monoisotopic (exact) mass is 299 g/mol. The van der Waals surface area contributed by atoms with Gasteiger partial charge in [-0.3, -0.25) is 4.79 Å². The fraction of sp³-hybridized carbons (Fsp3) is 0.462. The molecule has 0 heterocycles. The van der Waals surface area contributed by atoms with E-state index in [-0.39, 0.29) is 17.3 Å². The molecule has 0 saturated carbocycles. The van der Waals surface area contributed by atoms with Gasteiger partial charge >= 0.3 is 0 Å². The molecule has 0 spiro atoms. The van der Waals surface area contributed by atoms with Crippen LogP contribution in [0.2, 0.25) is 0 Å². The molecule has 20 heavy (non-hydrogen) atoms. The molecule has 0 radical (unpaired) electrons. The largest absolute Gasteiger partial charge is 0.398 e. The number of anilines is 1. The second-order valence-electron chi connectivity index (χ2n) is 4.60. The molecular formula is C13H21N3O3S. The van der Waals surface area contributed by atoms with Crippen molar-refractivity contribution in [3.8, 4) is 0 Å². The molecule has 0 atom stereocenters. The van der Waals surface area contributed by atoms with Crippen LogP contribution in [0.25, 0.3) is 0 Å². The van der Waals surface area contributed by atoms with Crippen molar-refractivity contribution in [3.63, 3.8) is 0 Å². The van der Waals surface area contributed by atoms with E-state index in [0.29, 0.717) is 23.4 Å². The summed E-state index contributed by atoms with van der Waals surface area (Å²) in [5.74, 6) is -0.352. The number of nitrogen functional groups attached to an aromatic ring is 1. The van der Waals surface area contributed by atoms with Crippen molar-refractivity contribution in [3.05, 3.63) is 23.3 Å². The third-order valence-electron chi connectivity index (χ3n) is 2.91. The van der Waals surface area contributed by atoms with E-state index in [0.717, 1.165) is 6.42 Å². The highest BCUT2D eigenvalue weighted by Gasteiger charge is 2.21. The lowest BCUT2D eigenvalue weighted by Crippen LogP contribution is -2.37. The summed E-state index contributed by atoms with van der Waals surface area (Å²) in [6.07, 6.45) is 0.798. The van der Waals surface area contributed by atoms with E-state index >= 15 is 0 Å². The zero-order chi connectivity index (χ0) is 15.3. The summed E-state index contributed by atoms with van der Waals surface area (Å²) in [4.78, 5) is 11.6. The van der Waals surface area contributed by atoms with Gasteiger partial charge in [-0.15, -0.1) is 0 Å². The molecule has 112 valence electrons. The Bertz CT molecular complexity index is 597. The summed E-state index contributed by atoms with van der Waals surface area (Å²) >= 11 is 0. The van der Waals surface area contributed by atoms with Gasteiger partial charge in [-0.25, -0.2) is 13.1 Å². The minimum atomic E-state index is -3.76. The van der Waals surface area contributed by atoms with E-state index < -0.39 is 10.0 Å². The van der Waals surface area contributed by atoms with Gasteiger partial charge < -0.3 is 11.1 Å². The molecule has 0 fully saturated rings. The van der Waals surface area contributed by atoms with Crippen molar-refractivity contribution >= 4 is 21.6 Å². The molecule has 0 unspecified atom stereocenters. The van der Waals surface area contributed by atoms with E-state index in [1.54, 1.807) is 26.0 Å². The average Bonchev–Trinajstić information content (AvgIpc) is 2.38. The molecule has 1 amide bonds. The number of hydrogen-bond donors (Lipinski definition) is 3. The molecule has 1 aromatic carbocycles. The number of nitrogens with two attached hydrogens (primary N) is 1. The zero-order valence-corrected chi connectivity index (χ0v) is 12.8. The van der Waals surface area contributed by atoms with Crippen LogP contribution in [-0.2, 0) is 14.8 Å². The zero-order valence-electron chi connectivity index (χ0n) is 12.0. The predicted molar refractivity (Wildman–Crippen MR) is 78.8 cm³/mol. The maximum Gasteiger partial charge on any atom is 0.241 e. The van der Waals surface area contributed by atoms with E-state index in [1.807, 2.05) is 6.92 Å². The lowest BCUT2D eigenvalue weighted by Gasteiger charge is -2.13. The molecule has 1 rings (SSSR count). The molecule has 7 heteroatoms. The molecule has 1 aromatic rings. The first-order valence-electron chi connectivity index (χ1n) is 6.41. The van der Waals surface area contributed by atoms with Crippen LogP contribution in [0.5, 0.6) is 0 Å². The van der Waals surface area contributed by atoms with Gasteiger partial charge in [0.25, 0.3) is 0 Å². The highest BCUT2D eigenvalue weighted by Crippen LogP contribution is 2.24. The first kappa shape index (κ1) is 16.5. The van der Waals surface area contributed by atoms with Gasteiger partial charge in [0.15, 0.2) is 0 Å². The Kier molecular flexibility index (Phi) is 5.52. The second-order valence-corrected chi connectivity index (χ2v) is 6.30. The SMILES string of the molecule is CCCNC(=O)CNS(=O)(=O)c1c(C)ccc(N)c1C.